The summed E-state index contributed by atoms with van der Waals surface area (Å²) >= 11 is 0. The van der Waals surface area contributed by atoms with E-state index in [1.165, 1.54) is 29.5 Å². The number of aryl methyl sites for hydroxylation is 2. The molecule has 3 aromatic rings. The maximum absolute atomic E-state index is 13.1. The molecule has 2 aromatic carbocycles. The van der Waals surface area contributed by atoms with E-state index in [4.69, 9.17) is 0 Å². The molecule has 0 unspecified atom stereocenters. The fourth-order valence-electron chi connectivity index (χ4n) is 4.83. The van der Waals surface area contributed by atoms with Gasteiger partial charge in [-0.05, 0) is 48.4 Å². The van der Waals surface area contributed by atoms with Crippen molar-refractivity contribution in [3.8, 4) is 0 Å². The normalized spacial score (nSPS) is 16.9. The lowest BCUT2D eigenvalue weighted by Gasteiger charge is -2.39. The smallest absolute Gasteiger partial charge is 0.274 e. The number of benzene rings is 2. The van der Waals surface area contributed by atoms with Crippen LogP contribution in [0.3, 0.4) is 0 Å². The summed E-state index contributed by atoms with van der Waals surface area (Å²) in [6, 6.07) is 23.4. The molecular formula is C26H28N4O. The number of rotatable bonds is 4. The van der Waals surface area contributed by atoms with Crippen LogP contribution in [-0.4, -0.2) is 52.1 Å². The van der Waals surface area contributed by atoms with E-state index >= 15 is 0 Å². The van der Waals surface area contributed by atoms with E-state index in [0.29, 0.717) is 18.8 Å². The summed E-state index contributed by atoms with van der Waals surface area (Å²) in [5.41, 5.74) is 5.34. The summed E-state index contributed by atoms with van der Waals surface area (Å²) in [5.74, 6) is 0.0106. The predicted octanol–water partition coefficient (Wildman–Crippen LogP) is 3.90. The molecular weight excluding hydrogens is 384 g/mol. The molecule has 5 nitrogen and oxygen atoms in total. The standard InChI is InChI=1S/C26H28N4O/c31-26(24-19-22-13-7-8-14-23(22)27-28-24)30-17-15-29(16-18-30)25(20-9-3-1-4-10-20)21-11-5-2-6-12-21/h1-6,9-12,19,25H,7-8,13-18H2. The van der Waals surface area contributed by atoms with E-state index in [1.54, 1.807) is 0 Å². The highest BCUT2D eigenvalue weighted by Crippen LogP contribution is 2.29. The first kappa shape index (κ1) is 19.9. The zero-order valence-electron chi connectivity index (χ0n) is 17.8. The quantitative estimate of drug-likeness (QED) is 0.652. The van der Waals surface area contributed by atoms with Crippen LogP contribution in [0.5, 0.6) is 0 Å². The van der Waals surface area contributed by atoms with E-state index in [1.807, 2.05) is 11.0 Å². The minimum absolute atomic E-state index is 0.0106. The van der Waals surface area contributed by atoms with Gasteiger partial charge in [-0.1, -0.05) is 60.7 Å². The summed E-state index contributed by atoms with van der Waals surface area (Å²) in [5, 5.41) is 8.61. The number of amides is 1. The number of piperazine rings is 1. The molecule has 0 atom stereocenters. The molecule has 158 valence electrons. The lowest BCUT2D eigenvalue weighted by Crippen LogP contribution is -2.50. The first-order chi connectivity index (χ1) is 15.3. The van der Waals surface area contributed by atoms with Crippen molar-refractivity contribution in [2.75, 3.05) is 26.2 Å². The third kappa shape index (κ3) is 4.23. The Labute approximate surface area is 183 Å². The molecule has 5 rings (SSSR count). The van der Waals surface area contributed by atoms with Crippen molar-refractivity contribution < 1.29 is 4.79 Å². The number of hydrogen-bond donors (Lipinski definition) is 0. The molecule has 31 heavy (non-hydrogen) atoms. The topological polar surface area (TPSA) is 49.3 Å². The van der Waals surface area contributed by atoms with Gasteiger partial charge in [0.1, 0.15) is 0 Å². The summed E-state index contributed by atoms with van der Waals surface area (Å²) in [6.07, 6.45) is 4.33. The Bertz CT molecular complexity index is 990. The molecule has 2 aliphatic rings. The zero-order valence-corrected chi connectivity index (χ0v) is 17.8. The van der Waals surface area contributed by atoms with Gasteiger partial charge in [0.15, 0.2) is 5.69 Å². The number of aromatic nitrogens is 2. The third-order valence-corrected chi connectivity index (χ3v) is 6.49. The number of carbonyl (C=O) groups excluding carboxylic acids is 1. The van der Waals surface area contributed by atoms with Crippen molar-refractivity contribution in [3.05, 3.63) is 94.8 Å². The summed E-state index contributed by atoms with van der Waals surface area (Å²) in [6.45, 7) is 3.07. The molecule has 0 N–H and O–H groups in total. The Morgan fingerprint density at radius 1 is 0.774 bits per heavy atom. The van der Waals surface area contributed by atoms with Crippen molar-refractivity contribution in [2.24, 2.45) is 0 Å². The number of carbonyl (C=O) groups is 1. The van der Waals surface area contributed by atoms with Crippen LogP contribution in [0.15, 0.2) is 66.7 Å². The molecule has 1 fully saturated rings. The summed E-state index contributed by atoms with van der Waals surface area (Å²) in [7, 11) is 0. The van der Waals surface area contributed by atoms with E-state index in [9.17, 15) is 4.79 Å². The second-order valence-corrected chi connectivity index (χ2v) is 8.46. The third-order valence-electron chi connectivity index (χ3n) is 6.49. The Balaban J connectivity index is 1.31. The highest BCUT2D eigenvalue weighted by molar-refractivity contribution is 5.92. The average molecular weight is 413 g/mol. The van der Waals surface area contributed by atoms with Crippen LogP contribution in [0.25, 0.3) is 0 Å². The highest BCUT2D eigenvalue weighted by atomic mass is 16.2. The molecule has 0 spiro atoms. The number of fused-ring (bicyclic) bond motifs is 1. The van der Waals surface area contributed by atoms with Gasteiger partial charge in [0.05, 0.1) is 11.7 Å². The Morgan fingerprint density at radius 3 is 2.03 bits per heavy atom. The predicted molar refractivity (Wildman–Crippen MR) is 121 cm³/mol. The van der Waals surface area contributed by atoms with E-state index in [0.717, 1.165) is 31.6 Å². The Hall–Kier alpha value is -3.05. The minimum Gasteiger partial charge on any atom is -0.335 e. The lowest BCUT2D eigenvalue weighted by molar-refractivity contribution is 0.0590. The Morgan fingerprint density at radius 2 is 1.39 bits per heavy atom. The largest absolute Gasteiger partial charge is 0.335 e. The van der Waals surface area contributed by atoms with Gasteiger partial charge in [-0.25, -0.2) is 0 Å². The first-order valence-corrected chi connectivity index (χ1v) is 11.3. The van der Waals surface area contributed by atoms with Gasteiger partial charge in [-0.3, -0.25) is 9.69 Å². The second-order valence-electron chi connectivity index (χ2n) is 8.46. The van der Waals surface area contributed by atoms with E-state index in [-0.39, 0.29) is 11.9 Å². The molecule has 1 saturated heterocycles. The molecule has 1 aliphatic carbocycles. The van der Waals surface area contributed by atoms with Crippen molar-refractivity contribution in [1.82, 2.24) is 20.0 Å². The van der Waals surface area contributed by atoms with Crippen LogP contribution in [0.2, 0.25) is 0 Å². The highest BCUT2D eigenvalue weighted by Gasteiger charge is 2.29. The van der Waals surface area contributed by atoms with Crippen LogP contribution >= 0.6 is 0 Å². The molecule has 0 saturated carbocycles. The number of hydrogen-bond acceptors (Lipinski definition) is 4. The molecule has 1 amide bonds. The molecule has 1 aromatic heterocycles. The van der Waals surface area contributed by atoms with Gasteiger partial charge in [-0.15, -0.1) is 5.10 Å². The van der Waals surface area contributed by atoms with Crippen molar-refractivity contribution in [3.63, 3.8) is 0 Å². The van der Waals surface area contributed by atoms with Gasteiger partial charge < -0.3 is 4.90 Å². The van der Waals surface area contributed by atoms with Crippen LogP contribution in [0.4, 0.5) is 0 Å². The Kier molecular flexibility index (Phi) is 5.76. The lowest BCUT2D eigenvalue weighted by atomic mass is 9.96. The molecule has 5 heteroatoms. The first-order valence-electron chi connectivity index (χ1n) is 11.3. The molecule has 0 radical (unpaired) electrons. The van der Waals surface area contributed by atoms with Gasteiger partial charge >= 0.3 is 0 Å². The molecule has 0 bridgehead atoms. The zero-order chi connectivity index (χ0) is 21.0. The maximum atomic E-state index is 13.1. The maximum Gasteiger partial charge on any atom is 0.274 e. The second kappa shape index (κ2) is 8.98. The van der Waals surface area contributed by atoms with Crippen molar-refractivity contribution in [1.29, 1.82) is 0 Å². The summed E-state index contributed by atoms with van der Waals surface area (Å²) < 4.78 is 0. The van der Waals surface area contributed by atoms with Gasteiger partial charge in [0, 0.05) is 26.2 Å². The van der Waals surface area contributed by atoms with Crippen LogP contribution in [0.1, 0.15) is 51.8 Å². The average Bonchev–Trinajstić information content (AvgIpc) is 2.85. The number of nitrogens with zero attached hydrogens (tertiary/aromatic N) is 4. The van der Waals surface area contributed by atoms with Crippen molar-refractivity contribution >= 4 is 5.91 Å². The minimum atomic E-state index is 0.0106. The fourth-order valence-corrected chi connectivity index (χ4v) is 4.83. The van der Waals surface area contributed by atoms with Crippen LogP contribution in [-0.2, 0) is 12.8 Å². The summed E-state index contributed by atoms with van der Waals surface area (Å²) in [4.78, 5) is 17.5. The fraction of sp³-hybridized carbons (Fsp3) is 0.346. The molecule has 1 aliphatic heterocycles. The van der Waals surface area contributed by atoms with Gasteiger partial charge in [0.25, 0.3) is 5.91 Å². The van der Waals surface area contributed by atoms with E-state index < -0.39 is 0 Å². The van der Waals surface area contributed by atoms with E-state index in [2.05, 4.69) is 75.8 Å². The van der Waals surface area contributed by atoms with Gasteiger partial charge in [-0.2, -0.15) is 5.10 Å². The SMILES string of the molecule is O=C(c1cc2c(nn1)CCCC2)N1CCN(C(c2ccccc2)c2ccccc2)CC1. The van der Waals surface area contributed by atoms with Crippen LogP contribution < -0.4 is 0 Å². The van der Waals surface area contributed by atoms with Crippen LogP contribution in [0, 0.1) is 0 Å². The molecule has 2 heterocycles. The van der Waals surface area contributed by atoms with Crippen molar-refractivity contribution in [2.45, 2.75) is 31.7 Å². The monoisotopic (exact) mass is 412 g/mol. The van der Waals surface area contributed by atoms with Gasteiger partial charge in [0.2, 0.25) is 0 Å².